The minimum absolute atomic E-state index is 0.0757. The van der Waals surface area contributed by atoms with Crippen LogP contribution in [0.5, 0.6) is 0 Å². The van der Waals surface area contributed by atoms with Crippen LogP contribution in [0.2, 0.25) is 0 Å². The standard InChI is InChI=1S/C12H24N4O2S/c1-8-11(9(2)16-15-8)19(17,18)14-7-10(13)6-12(3,4)5/h10,14H,6-7,13H2,1-5H3,(H,15,16). The van der Waals surface area contributed by atoms with Crippen LogP contribution in [0.1, 0.15) is 38.6 Å². The Hall–Kier alpha value is -0.920. The van der Waals surface area contributed by atoms with Crippen molar-refractivity contribution in [2.45, 2.75) is 52.0 Å². The predicted octanol–water partition coefficient (Wildman–Crippen LogP) is 1.07. The first-order valence-electron chi connectivity index (χ1n) is 6.30. The molecule has 0 aliphatic carbocycles. The Morgan fingerprint density at radius 2 is 1.95 bits per heavy atom. The number of nitrogens with zero attached hydrogens (tertiary/aromatic N) is 1. The van der Waals surface area contributed by atoms with Crippen LogP contribution in [0.3, 0.4) is 0 Å². The Morgan fingerprint density at radius 1 is 1.37 bits per heavy atom. The van der Waals surface area contributed by atoms with Crippen LogP contribution in [0.25, 0.3) is 0 Å². The zero-order valence-electron chi connectivity index (χ0n) is 12.2. The van der Waals surface area contributed by atoms with Gasteiger partial charge in [-0.1, -0.05) is 20.8 Å². The van der Waals surface area contributed by atoms with E-state index in [0.717, 1.165) is 6.42 Å². The summed E-state index contributed by atoms with van der Waals surface area (Å²) in [5, 5.41) is 6.56. The van der Waals surface area contributed by atoms with Crippen LogP contribution < -0.4 is 10.5 Å². The summed E-state index contributed by atoms with van der Waals surface area (Å²) in [5.74, 6) is 0. The molecule has 1 aromatic heterocycles. The van der Waals surface area contributed by atoms with E-state index in [2.05, 4.69) is 35.7 Å². The van der Waals surface area contributed by atoms with Gasteiger partial charge in [0.05, 0.1) is 11.4 Å². The van der Waals surface area contributed by atoms with Crippen LogP contribution in [0, 0.1) is 19.3 Å². The lowest BCUT2D eigenvalue weighted by atomic mass is 9.88. The van der Waals surface area contributed by atoms with E-state index in [-0.39, 0.29) is 22.9 Å². The molecule has 0 aliphatic heterocycles. The topological polar surface area (TPSA) is 101 Å². The first kappa shape index (κ1) is 16.1. The number of sulfonamides is 1. The molecule has 110 valence electrons. The van der Waals surface area contributed by atoms with E-state index in [1.54, 1.807) is 13.8 Å². The van der Waals surface area contributed by atoms with E-state index >= 15 is 0 Å². The van der Waals surface area contributed by atoms with Gasteiger partial charge < -0.3 is 5.73 Å². The number of hydrogen-bond donors (Lipinski definition) is 3. The number of hydrogen-bond acceptors (Lipinski definition) is 4. The molecule has 0 fully saturated rings. The van der Waals surface area contributed by atoms with E-state index < -0.39 is 10.0 Å². The molecule has 0 radical (unpaired) electrons. The highest BCUT2D eigenvalue weighted by Crippen LogP contribution is 2.20. The number of nitrogens with two attached hydrogens (primary N) is 1. The largest absolute Gasteiger partial charge is 0.326 e. The van der Waals surface area contributed by atoms with Crippen LogP contribution in [-0.4, -0.2) is 31.2 Å². The number of nitrogens with one attached hydrogen (secondary N) is 2. The Balaban J connectivity index is 2.72. The summed E-state index contributed by atoms with van der Waals surface area (Å²) in [6.45, 7) is 9.80. The third-order valence-electron chi connectivity index (χ3n) is 2.74. The lowest BCUT2D eigenvalue weighted by molar-refractivity contribution is 0.338. The van der Waals surface area contributed by atoms with Gasteiger partial charge in [-0.25, -0.2) is 13.1 Å². The van der Waals surface area contributed by atoms with Gasteiger partial charge in [0.25, 0.3) is 0 Å². The zero-order chi connectivity index (χ0) is 14.8. The molecule has 1 aromatic rings. The lowest BCUT2D eigenvalue weighted by Crippen LogP contribution is -2.39. The van der Waals surface area contributed by atoms with E-state index in [0.29, 0.717) is 11.4 Å². The van der Waals surface area contributed by atoms with Crippen molar-refractivity contribution in [2.75, 3.05) is 6.54 Å². The lowest BCUT2D eigenvalue weighted by Gasteiger charge is -2.23. The zero-order valence-corrected chi connectivity index (χ0v) is 13.1. The molecular weight excluding hydrogens is 264 g/mol. The molecule has 0 saturated carbocycles. The molecule has 1 heterocycles. The SMILES string of the molecule is Cc1n[nH]c(C)c1S(=O)(=O)NCC(N)CC(C)(C)C. The van der Waals surface area contributed by atoms with Gasteiger partial charge in [-0.2, -0.15) is 5.10 Å². The van der Waals surface area contributed by atoms with Crippen molar-refractivity contribution in [2.24, 2.45) is 11.1 Å². The molecule has 1 rings (SSSR count). The summed E-state index contributed by atoms with van der Waals surface area (Å²) < 4.78 is 26.9. The van der Waals surface area contributed by atoms with E-state index in [4.69, 9.17) is 5.73 Å². The van der Waals surface area contributed by atoms with Crippen molar-refractivity contribution >= 4 is 10.0 Å². The van der Waals surface area contributed by atoms with Crippen LogP contribution >= 0.6 is 0 Å². The Kier molecular flexibility index (Phi) is 4.76. The van der Waals surface area contributed by atoms with Gasteiger partial charge in [-0.3, -0.25) is 5.10 Å². The quantitative estimate of drug-likeness (QED) is 0.754. The number of H-pyrrole nitrogens is 1. The molecule has 19 heavy (non-hydrogen) atoms. The fraction of sp³-hybridized carbons (Fsp3) is 0.750. The van der Waals surface area contributed by atoms with Crippen molar-refractivity contribution in [1.82, 2.24) is 14.9 Å². The summed E-state index contributed by atoms with van der Waals surface area (Å²) in [6.07, 6.45) is 0.749. The van der Waals surface area contributed by atoms with Gasteiger partial charge in [0, 0.05) is 12.6 Å². The first-order valence-corrected chi connectivity index (χ1v) is 7.78. The average molecular weight is 288 g/mol. The molecule has 0 amide bonds. The number of rotatable bonds is 5. The van der Waals surface area contributed by atoms with Crippen molar-refractivity contribution in [3.8, 4) is 0 Å². The number of aryl methyl sites for hydroxylation is 2. The molecule has 0 spiro atoms. The van der Waals surface area contributed by atoms with Crippen molar-refractivity contribution in [3.05, 3.63) is 11.4 Å². The molecule has 6 nitrogen and oxygen atoms in total. The molecule has 0 aliphatic rings. The van der Waals surface area contributed by atoms with Crippen molar-refractivity contribution in [1.29, 1.82) is 0 Å². The third-order valence-corrected chi connectivity index (χ3v) is 4.43. The van der Waals surface area contributed by atoms with Gasteiger partial charge in [-0.15, -0.1) is 0 Å². The molecule has 7 heteroatoms. The normalized spacial score (nSPS) is 14.6. The second-order valence-corrected chi connectivity index (χ2v) is 7.84. The smallest absolute Gasteiger partial charge is 0.244 e. The highest BCUT2D eigenvalue weighted by Gasteiger charge is 2.23. The Bertz CT molecular complexity index is 509. The van der Waals surface area contributed by atoms with E-state index in [9.17, 15) is 8.42 Å². The second-order valence-electron chi connectivity index (χ2n) is 6.14. The Labute approximate surface area is 115 Å². The van der Waals surface area contributed by atoms with Gasteiger partial charge in [-0.05, 0) is 25.7 Å². The highest BCUT2D eigenvalue weighted by atomic mass is 32.2. The highest BCUT2D eigenvalue weighted by molar-refractivity contribution is 7.89. The summed E-state index contributed by atoms with van der Waals surface area (Å²) >= 11 is 0. The second kappa shape index (κ2) is 5.60. The first-order chi connectivity index (χ1) is 8.53. The van der Waals surface area contributed by atoms with Crippen LogP contribution in [0.15, 0.2) is 4.90 Å². The summed E-state index contributed by atoms with van der Waals surface area (Å²) in [4.78, 5) is 0.218. The Morgan fingerprint density at radius 3 is 2.37 bits per heavy atom. The fourth-order valence-corrected chi connectivity index (χ4v) is 3.55. The van der Waals surface area contributed by atoms with Gasteiger partial charge in [0.15, 0.2) is 0 Å². The van der Waals surface area contributed by atoms with Crippen LogP contribution in [0.4, 0.5) is 0 Å². The average Bonchev–Trinajstić information content (AvgIpc) is 2.54. The van der Waals surface area contributed by atoms with Gasteiger partial charge >= 0.3 is 0 Å². The predicted molar refractivity (Wildman–Crippen MR) is 75.3 cm³/mol. The summed E-state index contributed by atoms with van der Waals surface area (Å²) in [7, 11) is -3.55. The monoisotopic (exact) mass is 288 g/mol. The maximum atomic E-state index is 12.2. The molecule has 0 aromatic carbocycles. The fourth-order valence-electron chi connectivity index (χ4n) is 2.08. The molecule has 0 saturated heterocycles. The molecule has 0 bridgehead atoms. The van der Waals surface area contributed by atoms with Crippen LogP contribution in [-0.2, 0) is 10.0 Å². The van der Waals surface area contributed by atoms with E-state index in [1.807, 2.05) is 0 Å². The molecule has 1 unspecified atom stereocenters. The summed E-state index contributed by atoms with van der Waals surface area (Å²) in [5.41, 5.74) is 7.03. The maximum absolute atomic E-state index is 12.2. The maximum Gasteiger partial charge on any atom is 0.244 e. The van der Waals surface area contributed by atoms with Crippen molar-refractivity contribution in [3.63, 3.8) is 0 Å². The van der Waals surface area contributed by atoms with Gasteiger partial charge in [0.2, 0.25) is 10.0 Å². The molecule has 4 N–H and O–H groups in total. The minimum atomic E-state index is -3.55. The molecular formula is C12H24N4O2S. The minimum Gasteiger partial charge on any atom is -0.326 e. The van der Waals surface area contributed by atoms with Crippen molar-refractivity contribution < 1.29 is 8.42 Å². The number of aromatic amines is 1. The van der Waals surface area contributed by atoms with E-state index in [1.165, 1.54) is 0 Å². The third kappa shape index (κ3) is 4.59. The summed E-state index contributed by atoms with van der Waals surface area (Å²) in [6, 6.07) is -0.206. The van der Waals surface area contributed by atoms with Gasteiger partial charge in [0.1, 0.15) is 4.90 Å². The number of aromatic nitrogens is 2. The molecule has 1 atom stereocenters.